The Balaban J connectivity index is 2.24. The molecule has 1 heterocycles. The number of aromatic nitrogens is 2. The smallest absolute Gasteiger partial charge is 0.306 e. The summed E-state index contributed by atoms with van der Waals surface area (Å²) in [4.78, 5) is 22.2. The van der Waals surface area contributed by atoms with E-state index in [-0.39, 0.29) is 17.9 Å². The van der Waals surface area contributed by atoms with Crippen LogP contribution < -0.4 is 5.32 Å². The molecule has 1 aromatic heterocycles. The van der Waals surface area contributed by atoms with Crippen LogP contribution in [0.25, 0.3) is 0 Å². The Labute approximate surface area is 110 Å². The monoisotopic (exact) mass is 271 g/mol. The summed E-state index contributed by atoms with van der Waals surface area (Å²) < 4.78 is 7.60. The second kappa shape index (κ2) is 7.05. The van der Waals surface area contributed by atoms with Gasteiger partial charge < -0.3 is 10.4 Å². The zero-order chi connectivity index (χ0) is 13.5. The summed E-state index contributed by atoms with van der Waals surface area (Å²) >= 11 is 0.994. The van der Waals surface area contributed by atoms with Gasteiger partial charge in [-0.25, -0.2) is 0 Å². The summed E-state index contributed by atoms with van der Waals surface area (Å²) in [6.07, 6.45) is 3.57. The van der Waals surface area contributed by atoms with Crippen LogP contribution in [0.2, 0.25) is 0 Å². The van der Waals surface area contributed by atoms with Crippen LogP contribution in [0.3, 0.4) is 0 Å². The Hall–Kier alpha value is -1.50. The molecule has 0 aromatic carbocycles. The van der Waals surface area contributed by atoms with E-state index in [0.29, 0.717) is 12.1 Å². The SMILES string of the molecule is CC(CCCC(C)C(=O)O)NC(=O)c1cnsn1. The molecule has 6 nitrogen and oxygen atoms in total. The summed E-state index contributed by atoms with van der Waals surface area (Å²) in [5.41, 5.74) is 0.325. The Morgan fingerprint density at radius 3 is 2.72 bits per heavy atom. The lowest BCUT2D eigenvalue weighted by molar-refractivity contribution is -0.141. The van der Waals surface area contributed by atoms with Gasteiger partial charge in [-0.05, 0) is 19.8 Å². The fourth-order valence-corrected chi connectivity index (χ4v) is 1.90. The number of carbonyl (C=O) groups is 2. The number of carbonyl (C=O) groups excluding carboxylic acids is 1. The van der Waals surface area contributed by atoms with Crippen LogP contribution >= 0.6 is 11.7 Å². The molecule has 0 saturated heterocycles. The molecule has 1 amide bonds. The number of aliphatic carboxylic acids is 1. The Bertz CT molecular complexity index is 394. The lowest BCUT2D eigenvalue weighted by Crippen LogP contribution is -2.32. The molecule has 1 aromatic rings. The highest BCUT2D eigenvalue weighted by Gasteiger charge is 2.14. The van der Waals surface area contributed by atoms with Gasteiger partial charge in [0.2, 0.25) is 0 Å². The number of carboxylic acids is 1. The molecular formula is C11H17N3O3S. The van der Waals surface area contributed by atoms with Crippen molar-refractivity contribution < 1.29 is 14.7 Å². The molecule has 2 N–H and O–H groups in total. The maximum absolute atomic E-state index is 11.6. The quantitative estimate of drug-likeness (QED) is 0.785. The third kappa shape index (κ3) is 4.79. The fraction of sp³-hybridized carbons (Fsp3) is 0.636. The van der Waals surface area contributed by atoms with Gasteiger partial charge in [0.25, 0.3) is 5.91 Å². The minimum Gasteiger partial charge on any atom is -0.481 e. The van der Waals surface area contributed by atoms with Crippen LogP contribution in [0.1, 0.15) is 43.6 Å². The second-order valence-corrected chi connectivity index (χ2v) is 4.89. The first-order valence-electron chi connectivity index (χ1n) is 5.82. The minimum atomic E-state index is -0.778. The van der Waals surface area contributed by atoms with Gasteiger partial charge in [0, 0.05) is 6.04 Å². The fourth-order valence-electron chi connectivity index (χ4n) is 1.49. The Kier molecular flexibility index (Phi) is 5.70. The molecule has 0 aliphatic heterocycles. The number of hydrogen-bond acceptors (Lipinski definition) is 5. The standard InChI is InChI=1S/C11H17N3O3S/c1-7(11(16)17)4-3-5-8(2)13-10(15)9-6-12-18-14-9/h6-8H,3-5H2,1-2H3,(H,13,15)(H,16,17). The predicted octanol–water partition coefficient (Wildman–Crippen LogP) is 1.55. The molecule has 0 radical (unpaired) electrons. The van der Waals surface area contributed by atoms with Gasteiger partial charge >= 0.3 is 5.97 Å². The first-order valence-corrected chi connectivity index (χ1v) is 6.55. The summed E-state index contributed by atoms with van der Waals surface area (Å²) in [5, 5.41) is 11.5. The van der Waals surface area contributed by atoms with Crippen molar-refractivity contribution in [3.63, 3.8) is 0 Å². The van der Waals surface area contributed by atoms with E-state index in [1.54, 1.807) is 6.92 Å². The van der Waals surface area contributed by atoms with E-state index < -0.39 is 5.97 Å². The van der Waals surface area contributed by atoms with Crippen LogP contribution in [0.15, 0.2) is 6.20 Å². The summed E-state index contributed by atoms with van der Waals surface area (Å²) in [7, 11) is 0. The van der Waals surface area contributed by atoms with E-state index in [2.05, 4.69) is 14.1 Å². The molecule has 0 aliphatic rings. The zero-order valence-corrected chi connectivity index (χ0v) is 11.2. The molecule has 18 heavy (non-hydrogen) atoms. The van der Waals surface area contributed by atoms with E-state index >= 15 is 0 Å². The van der Waals surface area contributed by atoms with Crippen molar-refractivity contribution in [2.24, 2.45) is 5.92 Å². The largest absolute Gasteiger partial charge is 0.481 e. The third-order valence-corrected chi connectivity index (χ3v) is 3.15. The van der Waals surface area contributed by atoms with Gasteiger partial charge in [-0.3, -0.25) is 9.59 Å². The van der Waals surface area contributed by atoms with Crippen molar-refractivity contribution in [3.8, 4) is 0 Å². The number of hydrogen-bond donors (Lipinski definition) is 2. The van der Waals surface area contributed by atoms with Crippen LogP contribution in [0.5, 0.6) is 0 Å². The van der Waals surface area contributed by atoms with Crippen molar-refractivity contribution in [1.29, 1.82) is 0 Å². The first kappa shape index (κ1) is 14.6. The molecule has 1 rings (SSSR count). The molecule has 7 heteroatoms. The lowest BCUT2D eigenvalue weighted by Gasteiger charge is -2.13. The summed E-state index contributed by atoms with van der Waals surface area (Å²) in [6.45, 7) is 3.58. The zero-order valence-electron chi connectivity index (χ0n) is 10.4. The van der Waals surface area contributed by atoms with E-state index in [9.17, 15) is 9.59 Å². The normalized spacial score (nSPS) is 13.9. The average Bonchev–Trinajstić information content (AvgIpc) is 2.81. The number of carboxylic acid groups (broad SMARTS) is 1. The molecular weight excluding hydrogens is 254 g/mol. The maximum atomic E-state index is 11.6. The lowest BCUT2D eigenvalue weighted by atomic mass is 10.0. The van der Waals surface area contributed by atoms with Gasteiger partial charge in [0.15, 0.2) is 5.69 Å². The molecule has 0 bridgehead atoms. The van der Waals surface area contributed by atoms with Crippen LogP contribution in [-0.4, -0.2) is 31.8 Å². The van der Waals surface area contributed by atoms with Gasteiger partial charge in [-0.15, -0.1) is 0 Å². The van der Waals surface area contributed by atoms with Crippen molar-refractivity contribution in [1.82, 2.24) is 14.1 Å². The van der Waals surface area contributed by atoms with E-state index in [1.165, 1.54) is 6.20 Å². The van der Waals surface area contributed by atoms with Crippen LogP contribution in [0.4, 0.5) is 0 Å². The van der Waals surface area contributed by atoms with Crippen molar-refractivity contribution in [2.75, 3.05) is 0 Å². The summed E-state index contributed by atoms with van der Waals surface area (Å²) in [5.74, 6) is -1.35. The predicted molar refractivity (Wildman–Crippen MR) is 67.5 cm³/mol. The summed E-state index contributed by atoms with van der Waals surface area (Å²) in [6, 6.07) is 0.000180. The molecule has 0 fully saturated rings. The van der Waals surface area contributed by atoms with Crippen LogP contribution in [-0.2, 0) is 4.79 Å². The number of nitrogens with one attached hydrogen (secondary N) is 1. The van der Waals surface area contributed by atoms with Gasteiger partial charge in [-0.2, -0.15) is 8.75 Å². The Morgan fingerprint density at radius 1 is 1.44 bits per heavy atom. The van der Waals surface area contributed by atoms with Crippen molar-refractivity contribution in [3.05, 3.63) is 11.9 Å². The topological polar surface area (TPSA) is 92.2 Å². The molecule has 0 aliphatic carbocycles. The van der Waals surface area contributed by atoms with E-state index in [4.69, 9.17) is 5.11 Å². The van der Waals surface area contributed by atoms with Crippen molar-refractivity contribution in [2.45, 2.75) is 39.2 Å². The van der Waals surface area contributed by atoms with Gasteiger partial charge in [-0.1, -0.05) is 13.3 Å². The second-order valence-electron chi connectivity index (χ2n) is 4.34. The minimum absolute atomic E-state index is 0.000180. The molecule has 0 saturated carbocycles. The number of amides is 1. The van der Waals surface area contributed by atoms with Gasteiger partial charge in [0.05, 0.1) is 23.8 Å². The molecule has 100 valence electrons. The maximum Gasteiger partial charge on any atom is 0.306 e. The number of nitrogens with zero attached hydrogens (tertiary/aromatic N) is 2. The highest BCUT2D eigenvalue weighted by molar-refractivity contribution is 6.99. The molecule has 2 atom stereocenters. The Morgan fingerprint density at radius 2 is 2.17 bits per heavy atom. The highest BCUT2D eigenvalue weighted by atomic mass is 32.1. The van der Waals surface area contributed by atoms with E-state index in [0.717, 1.165) is 24.6 Å². The van der Waals surface area contributed by atoms with E-state index in [1.807, 2.05) is 6.92 Å². The molecule has 2 unspecified atom stereocenters. The first-order chi connectivity index (χ1) is 8.50. The number of rotatable bonds is 7. The van der Waals surface area contributed by atoms with Crippen LogP contribution in [0, 0.1) is 5.92 Å². The third-order valence-electron chi connectivity index (χ3n) is 2.67. The van der Waals surface area contributed by atoms with Gasteiger partial charge in [0.1, 0.15) is 0 Å². The van der Waals surface area contributed by atoms with Crippen molar-refractivity contribution >= 4 is 23.6 Å². The average molecular weight is 271 g/mol. The highest BCUT2D eigenvalue weighted by Crippen LogP contribution is 2.10. The molecule has 0 spiro atoms.